The molecule has 128 valence electrons. The van der Waals surface area contributed by atoms with Crippen LogP contribution in [0.2, 0.25) is 5.02 Å². The number of halogens is 1. The normalized spacial score (nSPS) is 16.8. The summed E-state index contributed by atoms with van der Waals surface area (Å²) in [6, 6.07) is 7.44. The lowest BCUT2D eigenvalue weighted by Crippen LogP contribution is -2.49. The maximum absolute atomic E-state index is 12.4. The van der Waals surface area contributed by atoms with Gasteiger partial charge in [-0.1, -0.05) is 43.9 Å². The lowest BCUT2D eigenvalue weighted by Gasteiger charge is -2.43. The highest BCUT2D eigenvalue weighted by Gasteiger charge is 2.44. The summed E-state index contributed by atoms with van der Waals surface area (Å²) in [7, 11) is 1.87. The Balaban J connectivity index is 2.10. The molecule has 7 heteroatoms. The fraction of sp³-hybridized carbons (Fsp3) is 0.529. The maximum atomic E-state index is 12.4. The third-order valence-corrected chi connectivity index (χ3v) is 5.17. The average molecular weight is 348 g/mol. The van der Waals surface area contributed by atoms with Crippen LogP contribution in [0, 0.1) is 0 Å². The van der Waals surface area contributed by atoms with E-state index in [1.807, 2.05) is 43.1 Å². The standard InChI is InChI=1S/C17H22ClN5O/c1-3-15(24)22(2)17(10-5-4-6-11-17)16-19-20-21-23(16)14-9-7-8-13(18)12-14/h7-9,12H,3-6,10-11H2,1-2H3. The molecule has 24 heavy (non-hydrogen) atoms. The minimum Gasteiger partial charge on any atom is -0.333 e. The van der Waals surface area contributed by atoms with Crippen molar-refractivity contribution in [2.45, 2.75) is 51.0 Å². The molecular formula is C17H22ClN5O. The van der Waals surface area contributed by atoms with Gasteiger partial charge in [-0.2, -0.15) is 4.68 Å². The molecule has 0 atom stereocenters. The van der Waals surface area contributed by atoms with E-state index in [2.05, 4.69) is 15.5 Å². The van der Waals surface area contributed by atoms with Crippen LogP contribution in [-0.4, -0.2) is 38.1 Å². The van der Waals surface area contributed by atoms with Crippen molar-refractivity contribution in [3.05, 3.63) is 35.1 Å². The van der Waals surface area contributed by atoms with Crippen molar-refractivity contribution in [3.8, 4) is 5.69 Å². The van der Waals surface area contributed by atoms with E-state index in [4.69, 9.17) is 11.6 Å². The second-order valence-electron chi connectivity index (χ2n) is 6.29. The molecule has 0 N–H and O–H groups in total. The summed E-state index contributed by atoms with van der Waals surface area (Å²) < 4.78 is 1.72. The number of aromatic nitrogens is 4. The third-order valence-electron chi connectivity index (χ3n) is 4.94. The third kappa shape index (κ3) is 2.90. The minimum absolute atomic E-state index is 0.109. The average Bonchev–Trinajstić information content (AvgIpc) is 3.11. The van der Waals surface area contributed by atoms with Crippen LogP contribution in [0.3, 0.4) is 0 Å². The van der Waals surface area contributed by atoms with Crippen LogP contribution >= 0.6 is 11.6 Å². The summed E-state index contributed by atoms with van der Waals surface area (Å²) in [4.78, 5) is 14.3. The Morgan fingerprint density at radius 1 is 1.33 bits per heavy atom. The summed E-state index contributed by atoms with van der Waals surface area (Å²) in [5.41, 5.74) is 0.349. The predicted molar refractivity (Wildman–Crippen MR) is 92.0 cm³/mol. The van der Waals surface area contributed by atoms with Crippen molar-refractivity contribution in [1.29, 1.82) is 0 Å². The molecule has 1 saturated carbocycles. The van der Waals surface area contributed by atoms with E-state index >= 15 is 0 Å². The van der Waals surface area contributed by atoms with Crippen molar-refractivity contribution in [3.63, 3.8) is 0 Å². The van der Waals surface area contributed by atoms with Crippen molar-refractivity contribution >= 4 is 17.5 Å². The van der Waals surface area contributed by atoms with Gasteiger partial charge in [0.15, 0.2) is 5.82 Å². The van der Waals surface area contributed by atoms with E-state index in [9.17, 15) is 4.79 Å². The molecule has 0 aliphatic heterocycles. The van der Waals surface area contributed by atoms with Crippen molar-refractivity contribution in [2.75, 3.05) is 7.05 Å². The smallest absolute Gasteiger partial charge is 0.222 e. The molecular weight excluding hydrogens is 326 g/mol. The van der Waals surface area contributed by atoms with Crippen LogP contribution in [0.4, 0.5) is 0 Å². The van der Waals surface area contributed by atoms with Crippen LogP contribution in [-0.2, 0) is 10.3 Å². The Morgan fingerprint density at radius 2 is 2.08 bits per heavy atom. The monoisotopic (exact) mass is 347 g/mol. The van der Waals surface area contributed by atoms with Gasteiger partial charge in [-0.3, -0.25) is 4.79 Å². The SMILES string of the molecule is CCC(=O)N(C)C1(c2nnnn2-c2cccc(Cl)c2)CCCCC1. The molecule has 1 amide bonds. The lowest BCUT2D eigenvalue weighted by atomic mass is 9.79. The zero-order chi connectivity index (χ0) is 17.2. The zero-order valence-electron chi connectivity index (χ0n) is 14.1. The van der Waals surface area contributed by atoms with Gasteiger partial charge in [-0.05, 0) is 41.5 Å². The number of amides is 1. The van der Waals surface area contributed by atoms with Crippen LogP contribution in [0.25, 0.3) is 5.69 Å². The molecule has 2 aromatic rings. The molecule has 1 aliphatic rings. The van der Waals surface area contributed by atoms with Gasteiger partial charge in [-0.25, -0.2) is 0 Å². The number of nitrogens with zero attached hydrogens (tertiary/aromatic N) is 5. The highest BCUT2D eigenvalue weighted by Crippen LogP contribution is 2.41. The van der Waals surface area contributed by atoms with E-state index in [-0.39, 0.29) is 5.91 Å². The molecule has 1 heterocycles. The highest BCUT2D eigenvalue weighted by molar-refractivity contribution is 6.30. The molecule has 0 spiro atoms. The first-order chi connectivity index (χ1) is 11.6. The first-order valence-corrected chi connectivity index (χ1v) is 8.78. The van der Waals surface area contributed by atoms with Gasteiger partial charge in [-0.15, -0.1) is 5.10 Å². The lowest BCUT2D eigenvalue weighted by molar-refractivity contribution is -0.137. The molecule has 6 nitrogen and oxygen atoms in total. The molecule has 0 saturated heterocycles. The molecule has 3 rings (SSSR count). The van der Waals surface area contributed by atoms with Crippen LogP contribution in [0.1, 0.15) is 51.3 Å². The summed E-state index contributed by atoms with van der Waals surface area (Å²) in [6.07, 6.45) is 5.51. The van der Waals surface area contributed by atoms with Gasteiger partial charge in [0.05, 0.1) is 5.69 Å². The van der Waals surface area contributed by atoms with Gasteiger partial charge >= 0.3 is 0 Å². The molecule has 1 fully saturated rings. The van der Waals surface area contributed by atoms with E-state index in [1.54, 1.807) is 4.68 Å². The summed E-state index contributed by atoms with van der Waals surface area (Å²) in [6.45, 7) is 1.88. The molecule has 0 bridgehead atoms. The fourth-order valence-corrected chi connectivity index (χ4v) is 3.77. The van der Waals surface area contributed by atoms with Gasteiger partial charge < -0.3 is 4.90 Å². The van der Waals surface area contributed by atoms with E-state index in [0.717, 1.165) is 31.4 Å². The second kappa shape index (κ2) is 6.89. The molecule has 1 aromatic carbocycles. The van der Waals surface area contributed by atoms with Gasteiger partial charge in [0.25, 0.3) is 0 Å². The van der Waals surface area contributed by atoms with E-state index in [0.29, 0.717) is 17.3 Å². The van der Waals surface area contributed by atoms with Crippen LogP contribution in [0.5, 0.6) is 0 Å². The van der Waals surface area contributed by atoms with Gasteiger partial charge in [0, 0.05) is 18.5 Å². The topological polar surface area (TPSA) is 63.9 Å². The first-order valence-electron chi connectivity index (χ1n) is 8.40. The van der Waals surface area contributed by atoms with Gasteiger partial charge in [0.2, 0.25) is 5.91 Å². The van der Waals surface area contributed by atoms with Crippen molar-refractivity contribution in [2.24, 2.45) is 0 Å². The highest BCUT2D eigenvalue weighted by atomic mass is 35.5. The second-order valence-corrected chi connectivity index (χ2v) is 6.73. The first kappa shape index (κ1) is 16.9. The van der Waals surface area contributed by atoms with Crippen molar-refractivity contribution in [1.82, 2.24) is 25.1 Å². The Labute approximate surface area is 146 Å². The number of carbonyl (C=O) groups is 1. The number of carbonyl (C=O) groups excluding carboxylic acids is 1. The number of hydrogen-bond acceptors (Lipinski definition) is 4. The van der Waals surface area contributed by atoms with Gasteiger partial charge in [0.1, 0.15) is 5.54 Å². The Hall–Kier alpha value is -1.95. The molecule has 1 aromatic heterocycles. The molecule has 0 unspecified atom stereocenters. The quantitative estimate of drug-likeness (QED) is 0.850. The number of tetrazole rings is 1. The maximum Gasteiger partial charge on any atom is 0.222 e. The van der Waals surface area contributed by atoms with Crippen molar-refractivity contribution < 1.29 is 4.79 Å². The number of hydrogen-bond donors (Lipinski definition) is 0. The predicted octanol–water partition coefficient (Wildman–Crippen LogP) is 3.34. The van der Waals surface area contributed by atoms with Crippen LogP contribution in [0.15, 0.2) is 24.3 Å². The van der Waals surface area contributed by atoms with E-state index < -0.39 is 5.54 Å². The number of rotatable bonds is 4. The fourth-order valence-electron chi connectivity index (χ4n) is 3.58. The molecule has 1 aliphatic carbocycles. The number of benzene rings is 1. The Morgan fingerprint density at radius 3 is 2.75 bits per heavy atom. The largest absolute Gasteiger partial charge is 0.333 e. The summed E-state index contributed by atoms with van der Waals surface area (Å²) in [5.74, 6) is 0.825. The van der Waals surface area contributed by atoms with Crippen LogP contribution < -0.4 is 0 Å². The zero-order valence-corrected chi connectivity index (χ0v) is 14.8. The Kier molecular flexibility index (Phi) is 4.85. The Bertz CT molecular complexity index is 723. The summed E-state index contributed by atoms with van der Waals surface area (Å²) >= 11 is 6.12. The van der Waals surface area contributed by atoms with E-state index in [1.165, 1.54) is 6.42 Å². The summed E-state index contributed by atoms with van der Waals surface area (Å²) in [5, 5.41) is 13.0. The molecule has 0 radical (unpaired) electrons. The minimum atomic E-state index is -0.461.